The summed E-state index contributed by atoms with van der Waals surface area (Å²) in [5.74, 6) is 1.97. The van der Waals surface area contributed by atoms with E-state index in [4.69, 9.17) is 19.9 Å². The molecule has 1 aliphatic carbocycles. The van der Waals surface area contributed by atoms with Crippen LogP contribution in [0.1, 0.15) is 25.0 Å². The molecule has 9 heteroatoms. The first kappa shape index (κ1) is 75.4. The van der Waals surface area contributed by atoms with E-state index < -0.39 is 0 Å². The first-order valence-corrected chi connectivity index (χ1v) is 44.2. The Bertz CT molecular complexity index is 9150. The molecule has 0 aliphatic heterocycles. The summed E-state index contributed by atoms with van der Waals surface area (Å²) < 4.78 is 2.33. The van der Waals surface area contributed by atoms with Gasteiger partial charge in [0.05, 0.1) is 28.1 Å². The highest BCUT2D eigenvalue weighted by Crippen LogP contribution is 2.51. The minimum absolute atomic E-state index is 0.0904. The predicted molar refractivity (Wildman–Crippen MR) is 542 cm³/mol. The topological polar surface area (TPSA) is 108 Å². The molecule has 5 aromatic heterocycles. The molecule has 0 N–H and O–H groups in total. The van der Waals surface area contributed by atoms with Crippen molar-refractivity contribution in [1.29, 1.82) is 0 Å². The number of rotatable bonds is 8. The summed E-state index contributed by atoms with van der Waals surface area (Å²) in [5, 5.41) is 32.6. The van der Waals surface area contributed by atoms with Gasteiger partial charge in [0.2, 0.25) is 0 Å². The molecule has 21 aromatic carbocycles. The van der Waals surface area contributed by atoms with E-state index in [0.717, 1.165) is 56.1 Å². The molecule has 0 fully saturated rings. The van der Waals surface area contributed by atoms with Crippen molar-refractivity contribution in [2.24, 2.45) is 0 Å². The minimum atomic E-state index is -0.0904. The molecule has 0 amide bonds. The highest BCUT2D eigenvalue weighted by Gasteiger charge is 2.36. The number of aromatic nitrogens is 9. The lowest BCUT2D eigenvalue weighted by Crippen LogP contribution is -2.15. The van der Waals surface area contributed by atoms with E-state index in [0.29, 0.717) is 17.5 Å². The lowest BCUT2D eigenvalue weighted by molar-refractivity contribution is 0.660. The van der Waals surface area contributed by atoms with Gasteiger partial charge in [0.25, 0.3) is 0 Å². The number of pyridine rings is 2. The third kappa shape index (κ3) is 12.4. The summed E-state index contributed by atoms with van der Waals surface area (Å²) in [6.45, 7) is 4.60. The van der Waals surface area contributed by atoms with E-state index in [-0.39, 0.29) is 5.41 Å². The summed E-state index contributed by atoms with van der Waals surface area (Å²) in [6.07, 6.45) is 6.66. The van der Waals surface area contributed by atoms with E-state index in [2.05, 4.69) is 445 Å². The van der Waals surface area contributed by atoms with Gasteiger partial charge < -0.3 is 4.57 Å². The molecular formula is C121H77N9. The highest BCUT2D eigenvalue weighted by atomic mass is 15.0. The maximum Gasteiger partial charge on any atom is 0.163 e. The van der Waals surface area contributed by atoms with Crippen molar-refractivity contribution in [2.75, 3.05) is 0 Å². The number of para-hydroxylation sites is 2. The van der Waals surface area contributed by atoms with Crippen LogP contribution >= 0.6 is 0 Å². The van der Waals surface area contributed by atoms with Gasteiger partial charge in [-0.1, -0.05) is 341 Å². The molecule has 9 nitrogen and oxygen atoms in total. The lowest BCUT2D eigenvalue weighted by atomic mass is 9.82. The Balaban J connectivity index is 0.000000107. The fraction of sp³-hybridized carbons (Fsp3) is 0.0248. The molecule has 0 saturated carbocycles. The predicted octanol–water partition coefficient (Wildman–Crippen LogP) is 31.1. The van der Waals surface area contributed by atoms with Gasteiger partial charge >= 0.3 is 0 Å². The number of benzene rings is 21. The standard InChI is InChI=1S/C44H27N5.C44H29N3.C33H21N/c1-2-9-33(10-3-1)49-42-13-7-6-12-37(42)39-23-31(18-21-43(39)49)41-25-32(44-46-26-45-27-47-44)24-40(48-41)30-15-14-29-17-19-35-34-11-5-4-8-28(34)16-20-36(35)38(29)22-30;1-44(2)38-18-10-9-14-32(38)33-22-20-27(24-39(33)44)43-46-25-45-42(47-43)26-19-21-31-30-13-5-7-16-35(30)40-34-15-6-3-11-28(34)29-12-4-8-17-36(29)41(40)37(31)23-26;1-2-10-22(11-3-1)23-18-19-34-32(20-23)30-21-31-26-14-5-4-12-24(26)25-13-6-8-16-28(25)33(31)29-17-9-7-15-27(29)30/h1-27H;3-25H,1-2H3;1-21H. The molecular weight excluding hydrogens is 1580 g/mol. The summed E-state index contributed by atoms with van der Waals surface area (Å²) >= 11 is 0. The molecule has 0 bridgehead atoms. The van der Waals surface area contributed by atoms with Gasteiger partial charge in [0.1, 0.15) is 19.0 Å². The SMILES string of the molecule is CC1(C)c2ccccc2-c2ccc(-c3ncnc(-c4ccc5c6ccccc6c6c7ccccc7c7ccccc7c6c5c4)n3)cc21.c1ccc(-c2ccnc(-c3cc4c5ccccc5c5ccccc5c4c4ccccc34)c2)cc1.c1ccc(-n2c3ccccc3c3cc(-c4cc(-c5ncncn5)cc(-c5ccc6ccc7c8ccccc8ccc7c6c5)n4)ccc32)cc1. The van der Waals surface area contributed by atoms with E-state index >= 15 is 0 Å². The van der Waals surface area contributed by atoms with E-state index in [1.54, 1.807) is 19.0 Å². The zero-order valence-electron chi connectivity index (χ0n) is 71.0. The Kier molecular flexibility index (Phi) is 17.8. The second-order valence-corrected chi connectivity index (χ2v) is 34.4. The van der Waals surface area contributed by atoms with Gasteiger partial charge in [-0.05, 0) is 242 Å². The lowest BCUT2D eigenvalue weighted by Gasteiger charge is -2.21. The number of nitrogens with zero attached hydrogens (tertiary/aromatic N) is 9. The number of fused-ring (bicyclic) bond motifs is 30. The number of hydrogen-bond acceptors (Lipinski definition) is 8. The molecule has 0 saturated heterocycles. The summed E-state index contributed by atoms with van der Waals surface area (Å²) in [7, 11) is 0. The fourth-order valence-electron chi connectivity index (χ4n) is 20.9. The maximum atomic E-state index is 5.31. The van der Waals surface area contributed by atoms with Crippen molar-refractivity contribution < 1.29 is 0 Å². The minimum Gasteiger partial charge on any atom is -0.309 e. The Morgan fingerprint density at radius 1 is 0.208 bits per heavy atom. The van der Waals surface area contributed by atoms with Gasteiger partial charge in [0.15, 0.2) is 17.5 Å². The van der Waals surface area contributed by atoms with Crippen LogP contribution in [0.5, 0.6) is 0 Å². The molecule has 0 unspecified atom stereocenters. The van der Waals surface area contributed by atoms with Crippen LogP contribution in [0, 0.1) is 0 Å². The maximum absolute atomic E-state index is 5.31. The zero-order valence-corrected chi connectivity index (χ0v) is 71.0. The molecule has 5 heterocycles. The molecule has 0 spiro atoms. The third-order valence-electron chi connectivity index (χ3n) is 26.9. The van der Waals surface area contributed by atoms with Crippen LogP contribution in [-0.4, -0.2) is 44.4 Å². The highest BCUT2D eigenvalue weighted by molar-refractivity contribution is 6.40. The Morgan fingerprint density at radius 2 is 0.631 bits per heavy atom. The van der Waals surface area contributed by atoms with Crippen molar-refractivity contribution in [1.82, 2.24) is 44.4 Å². The van der Waals surface area contributed by atoms with Crippen LogP contribution < -0.4 is 0 Å². The second kappa shape index (κ2) is 30.6. The van der Waals surface area contributed by atoms with Crippen molar-refractivity contribution in [3.63, 3.8) is 0 Å². The average Bonchev–Trinajstić information content (AvgIpc) is 1.23. The van der Waals surface area contributed by atoms with Gasteiger partial charge in [-0.3, -0.25) is 4.98 Å². The van der Waals surface area contributed by atoms with Crippen LogP contribution in [0.4, 0.5) is 0 Å². The molecule has 0 atom stereocenters. The van der Waals surface area contributed by atoms with Crippen LogP contribution in [0.25, 0.3) is 247 Å². The van der Waals surface area contributed by atoms with E-state index in [1.165, 1.54) is 185 Å². The zero-order chi connectivity index (χ0) is 86.1. The quantitative estimate of drug-likeness (QED) is 0.138. The van der Waals surface area contributed by atoms with Crippen molar-refractivity contribution in [3.8, 4) is 95.9 Å². The Labute approximate surface area is 748 Å². The molecule has 26 aromatic rings. The second-order valence-electron chi connectivity index (χ2n) is 34.4. The monoisotopic (exact) mass is 1660 g/mol. The smallest absolute Gasteiger partial charge is 0.163 e. The van der Waals surface area contributed by atoms with Gasteiger partial charge in [-0.15, -0.1) is 0 Å². The molecule has 130 heavy (non-hydrogen) atoms. The Morgan fingerprint density at radius 3 is 1.30 bits per heavy atom. The molecule has 27 rings (SSSR count). The third-order valence-corrected chi connectivity index (χ3v) is 26.9. The largest absolute Gasteiger partial charge is 0.309 e. The van der Waals surface area contributed by atoms with E-state index in [1.807, 2.05) is 6.20 Å². The molecule has 0 radical (unpaired) electrons. The normalized spacial score (nSPS) is 12.3. The van der Waals surface area contributed by atoms with Crippen molar-refractivity contribution >= 4 is 151 Å². The van der Waals surface area contributed by atoms with Gasteiger partial charge in [-0.25, -0.2) is 34.9 Å². The molecule has 606 valence electrons. The fourth-order valence-corrected chi connectivity index (χ4v) is 20.9. The van der Waals surface area contributed by atoms with Crippen molar-refractivity contribution in [2.45, 2.75) is 19.3 Å². The Hall–Kier alpha value is -17.1. The van der Waals surface area contributed by atoms with Crippen LogP contribution in [0.3, 0.4) is 0 Å². The first-order valence-electron chi connectivity index (χ1n) is 44.2. The number of hydrogen-bond donors (Lipinski definition) is 0. The first-order chi connectivity index (χ1) is 64.2. The van der Waals surface area contributed by atoms with Crippen LogP contribution in [0.15, 0.2) is 432 Å². The van der Waals surface area contributed by atoms with E-state index in [9.17, 15) is 0 Å². The van der Waals surface area contributed by atoms with Crippen molar-refractivity contribution in [3.05, 3.63) is 443 Å². The molecule has 1 aliphatic rings. The van der Waals surface area contributed by atoms with Gasteiger partial charge in [-0.2, -0.15) is 0 Å². The summed E-state index contributed by atoms with van der Waals surface area (Å²) in [5.41, 5.74) is 19.8. The van der Waals surface area contributed by atoms with Crippen LogP contribution in [-0.2, 0) is 5.41 Å². The summed E-state index contributed by atoms with van der Waals surface area (Å²) in [6, 6.07) is 146. The van der Waals surface area contributed by atoms with Crippen LogP contribution in [0.2, 0.25) is 0 Å². The van der Waals surface area contributed by atoms with Gasteiger partial charge in [0, 0.05) is 61.5 Å². The average molecular weight is 1660 g/mol. The summed E-state index contributed by atoms with van der Waals surface area (Å²) in [4.78, 5) is 37.7.